The maximum Gasteiger partial charge on any atom is 0.257 e. The van der Waals surface area contributed by atoms with Gasteiger partial charge in [-0.2, -0.15) is 0 Å². The van der Waals surface area contributed by atoms with Crippen molar-refractivity contribution in [2.75, 3.05) is 12.0 Å². The Balaban J connectivity index is 1.91. The lowest BCUT2D eigenvalue weighted by Crippen LogP contribution is -2.47. The lowest BCUT2D eigenvalue weighted by molar-refractivity contribution is 0.0640. The Morgan fingerprint density at radius 2 is 1.89 bits per heavy atom. The zero-order valence-electron chi connectivity index (χ0n) is 10.6. The molecule has 1 amide bonds. The molecule has 19 heavy (non-hydrogen) atoms. The van der Waals surface area contributed by atoms with Crippen molar-refractivity contribution in [1.82, 2.24) is 4.90 Å². The number of amides is 1. The maximum absolute atomic E-state index is 12.7. The number of halogens is 2. The van der Waals surface area contributed by atoms with Crippen LogP contribution < -0.4 is 5.32 Å². The number of carbonyl (C=O) groups excluding carboxylic acids is 1. The van der Waals surface area contributed by atoms with Crippen molar-refractivity contribution in [1.29, 1.82) is 0 Å². The van der Waals surface area contributed by atoms with Crippen LogP contribution in [0.25, 0.3) is 0 Å². The first-order chi connectivity index (χ1) is 9.16. The molecule has 3 nitrogen and oxygen atoms in total. The van der Waals surface area contributed by atoms with Crippen LogP contribution in [0.4, 0.5) is 5.69 Å². The predicted octanol–water partition coefficient (Wildman–Crippen LogP) is 4.37. The molecule has 1 heterocycles. The molecular weight excluding hydrogens is 372 g/mol. The maximum atomic E-state index is 12.7. The third-order valence-electron chi connectivity index (χ3n) is 3.99. The van der Waals surface area contributed by atoms with Crippen molar-refractivity contribution in [2.45, 2.75) is 38.1 Å². The summed E-state index contributed by atoms with van der Waals surface area (Å²) in [4.78, 5) is 14.7. The molecule has 1 fully saturated rings. The van der Waals surface area contributed by atoms with Crippen molar-refractivity contribution in [3.63, 3.8) is 0 Å². The highest BCUT2D eigenvalue weighted by molar-refractivity contribution is 9.11. The van der Waals surface area contributed by atoms with Gasteiger partial charge in [0.05, 0.1) is 17.9 Å². The molecule has 1 aromatic rings. The molecule has 0 radical (unpaired) electrons. The molecule has 1 aromatic carbocycles. The summed E-state index contributed by atoms with van der Waals surface area (Å²) in [5.41, 5.74) is 1.68. The van der Waals surface area contributed by atoms with E-state index in [1.807, 2.05) is 17.0 Å². The van der Waals surface area contributed by atoms with Gasteiger partial charge in [0.1, 0.15) is 0 Å². The van der Waals surface area contributed by atoms with Crippen LogP contribution >= 0.6 is 31.9 Å². The summed E-state index contributed by atoms with van der Waals surface area (Å²) in [6, 6.07) is 4.28. The van der Waals surface area contributed by atoms with Crippen molar-refractivity contribution >= 4 is 43.5 Å². The van der Waals surface area contributed by atoms with Crippen LogP contribution in [0.2, 0.25) is 0 Å². The normalized spacial score (nSPS) is 20.1. The zero-order chi connectivity index (χ0) is 13.4. The average molecular weight is 388 g/mol. The van der Waals surface area contributed by atoms with Gasteiger partial charge in [0.25, 0.3) is 5.91 Å². The molecule has 5 heteroatoms. The summed E-state index contributed by atoms with van der Waals surface area (Å²) in [7, 11) is 0. The van der Waals surface area contributed by atoms with Gasteiger partial charge in [0.15, 0.2) is 0 Å². The molecule has 0 spiro atoms. The van der Waals surface area contributed by atoms with Gasteiger partial charge in [-0.05, 0) is 40.9 Å². The first-order valence-corrected chi connectivity index (χ1v) is 8.29. The molecule has 1 saturated carbocycles. The molecule has 102 valence electrons. The minimum absolute atomic E-state index is 0.155. The Bertz CT molecular complexity index is 512. The van der Waals surface area contributed by atoms with Crippen LogP contribution in [0, 0.1) is 0 Å². The first-order valence-electron chi connectivity index (χ1n) is 6.70. The van der Waals surface area contributed by atoms with E-state index in [0.29, 0.717) is 12.7 Å². The highest BCUT2D eigenvalue weighted by Gasteiger charge is 2.31. The number of anilines is 1. The lowest BCUT2D eigenvalue weighted by atomic mass is 9.93. The van der Waals surface area contributed by atoms with E-state index in [4.69, 9.17) is 0 Å². The zero-order valence-corrected chi connectivity index (χ0v) is 13.8. The predicted molar refractivity (Wildman–Crippen MR) is 83.4 cm³/mol. The molecule has 1 N–H and O–H groups in total. The smallest absolute Gasteiger partial charge is 0.257 e. The molecular formula is C14H16Br2N2O. The molecule has 0 unspecified atom stereocenters. The molecule has 2 aliphatic rings. The van der Waals surface area contributed by atoms with Gasteiger partial charge >= 0.3 is 0 Å². The summed E-state index contributed by atoms with van der Waals surface area (Å²) in [5, 5.41) is 3.37. The van der Waals surface area contributed by atoms with Gasteiger partial charge in [-0.25, -0.2) is 0 Å². The Kier molecular flexibility index (Phi) is 3.85. The van der Waals surface area contributed by atoms with E-state index in [1.54, 1.807) is 0 Å². The molecule has 1 aliphatic heterocycles. The number of fused-ring (bicyclic) bond motifs is 1. The van der Waals surface area contributed by atoms with Gasteiger partial charge in [0.2, 0.25) is 0 Å². The summed E-state index contributed by atoms with van der Waals surface area (Å²) in [6.45, 7) is 0.622. The number of carbonyl (C=O) groups is 1. The second-order valence-corrected chi connectivity index (χ2v) is 6.98. The van der Waals surface area contributed by atoms with E-state index < -0.39 is 0 Å². The molecule has 1 aliphatic carbocycles. The van der Waals surface area contributed by atoms with Crippen LogP contribution in [0.15, 0.2) is 21.1 Å². The topological polar surface area (TPSA) is 32.3 Å². The standard InChI is InChI=1S/C14H16Br2N2O/c15-9-6-11-13(12(16)7-9)17-8-18(14(11)19)10-4-2-1-3-5-10/h6-7,10,17H,1-5,8H2. The van der Waals surface area contributed by atoms with Crippen LogP contribution in [-0.4, -0.2) is 23.5 Å². The van der Waals surface area contributed by atoms with E-state index in [0.717, 1.165) is 33.0 Å². The van der Waals surface area contributed by atoms with Gasteiger partial charge < -0.3 is 10.2 Å². The summed E-state index contributed by atoms with van der Waals surface area (Å²) in [5.74, 6) is 0.155. The van der Waals surface area contributed by atoms with Crippen LogP contribution in [0.3, 0.4) is 0 Å². The van der Waals surface area contributed by atoms with E-state index in [9.17, 15) is 4.79 Å². The van der Waals surface area contributed by atoms with Crippen molar-refractivity contribution in [3.8, 4) is 0 Å². The highest BCUT2D eigenvalue weighted by atomic mass is 79.9. The van der Waals surface area contributed by atoms with Crippen LogP contribution in [0.5, 0.6) is 0 Å². The summed E-state index contributed by atoms with van der Waals surface area (Å²) < 4.78 is 1.87. The van der Waals surface area contributed by atoms with E-state index in [1.165, 1.54) is 19.3 Å². The average Bonchev–Trinajstić information content (AvgIpc) is 2.41. The van der Waals surface area contributed by atoms with Crippen molar-refractivity contribution in [2.24, 2.45) is 0 Å². The minimum Gasteiger partial charge on any atom is -0.366 e. The second-order valence-electron chi connectivity index (χ2n) is 5.21. The molecule has 3 rings (SSSR count). The van der Waals surface area contributed by atoms with Crippen molar-refractivity contribution in [3.05, 3.63) is 26.6 Å². The fourth-order valence-corrected chi connectivity index (χ4v) is 4.37. The highest BCUT2D eigenvalue weighted by Crippen LogP contribution is 2.35. The van der Waals surface area contributed by atoms with Crippen molar-refractivity contribution < 1.29 is 4.79 Å². The largest absolute Gasteiger partial charge is 0.366 e. The van der Waals surface area contributed by atoms with E-state index >= 15 is 0 Å². The fraction of sp³-hybridized carbons (Fsp3) is 0.500. The van der Waals surface area contributed by atoms with Gasteiger partial charge in [-0.1, -0.05) is 35.2 Å². The molecule has 0 aromatic heterocycles. The third-order valence-corrected chi connectivity index (χ3v) is 5.07. The Hall–Kier alpha value is -0.550. The SMILES string of the molecule is O=C1c2cc(Br)cc(Br)c2NCN1C1CCCCC1. The Morgan fingerprint density at radius 3 is 2.63 bits per heavy atom. The van der Waals surface area contributed by atoms with Gasteiger partial charge in [-0.3, -0.25) is 4.79 Å². The van der Waals surface area contributed by atoms with Gasteiger partial charge in [0, 0.05) is 15.0 Å². The Labute approximate surface area is 130 Å². The number of hydrogen-bond acceptors (Lipinski definition) is 2. The van der Waals surface area contributed by atoms with Crippen LogP contribution in [-0.2, 0) is 0 Å². The number of nitrogens with zero attached hydrogens (tertiary/aromatic N) is 1. The number of benzene rings is 1. The Morgan fingerprint density at radius 1 is 1.16 bits per heavy atom. The quantitative estimate of drug-likeness (QED) is 0.775. The summed E-state index contributed by atoms with van der Waals surface area (Å²) >= 11 is 6.97. The lowest BCUT2D eigenvalue weighted by Gasteiger charge is -2.38. The molecule has 0 bridgehead atoms. The van der Waals surface area contributed by atoms with Crippen LogP contribution in [0.1, 0.15) is 42.5 Å². The van der Waals surface area contributed by atoms with E-state index in [2.05, 4.69) is 37.2 Å². The molecule has 0 atom stereocenters. The summed E-state index contributed by atoms with van der Waals surface area (Å²) in [6.07, 6.45) is 6.06. The fourth-order valence-electron chi connectivity index (χ4n) is 3.00. The number of hydrogen-bond donors (Lipinski definition) is 1. The molecule has 0 saturated heterocycles. The third kappa shape index (κ3) is 2.55. The second kappa shape index (κ2) is 5.44. The van der Waals surface area contributed by atoms with E-state index in [-0.39, 0.29) is 5.91 Å². The van der Waals surface area contributed by atoms with Gasteiger partial charge in [-0.15, -0.1) is 0 Å². The monoisotopic (exact) mass is 386 g/mol. The number of rotatable bonds is 1. The minimum atomic E-state index is 0.155. The first kappa shape index (κ1) is 13.4. The number of nitrogens with one attached hydrogen (secondary N) is 1.